The molecule has 0 saturated carbocycles. The molecule has 0 aromatic rings. The monoisotopic (exact) mass is 249 g/mol. The molecule has 16 heavy (non-hydrogen) atoms. The third-order valence-corrected chi connectivity index (χ3v) is 7.57. The molecule has 0 spiro atoms. The van der Waals surface area contributed by atoms with E-state index in [0.29, 0.717) is 5.92 Å². The number of hydrogen-bond acceptors (Lipinski definition) is 4. The Balaban J connectivity index is 0.00000225. The van der Waals surface area contributed by atoms with Gasteiger partial charge in [-0.05, 0) is 24.8 Å². The van der Waals surface area contributed by atoms with Gasteiger partial charge in [0.05, 0.1) is 0 Å². The maximum absolute atomic E-state index is 5.70. The number of rotatable bonds is 5. The zero-order valence-electron chi connectivity index (χ0n) is 11.1. The molecule has 0 aromatic carbocycles. The highest BCUT2D eigenvalue weighted by molar-refractivity contribution is 6.69. The Labute approximate surface area is 100 Å². The molecule has 0 aromatic heterocycles. The standard InChI is InChI=1S/C11H24O3Si.H3N/c1-5-7-10-8-6-9-15(13-3,14-4)11(10)12-2;/h10-11H,5-9H2,1-4H3;1H3. The van der Waals surface area contributed by atoms with Crippen molar-refractivity contribution in [3.8, 4) is 0 Å². The molecule has 0 aliphatic carbocycles. The second-order valence-corrected chi connectivity index (χ2v) is 7.83. The van der Waals surface area contributed by atoms with Crippen molar-refractivity contribution < 1.29 is 13.6 Å². The molecule has 1 saturated heterocycles. The van der Waals surface area contributed by atoms with E-state index in [4.69, 9.17) is 13.6 Å². The first kappa shape index (κ1) is 16.1. The largest absolute Gasteiger partial charge is 0.396 e. The number of ether oxygens (including phenoxy) is 1. The Morgan fingerprint density at radius 3 is 2.25 bits per heavy atom. The molecule has 1 aliphatic rings. The fourth-order valence-corrected chi connectivity index (χ4v) is 6.25. The van der Waals surface area contributed by atoms with Crippen molar-refractivity contribution in [3.05, 3.63) is 0 Å². The van der Waals surface area contributed by atoms with E-state index in [9.17, 15) is 0 Å². The van der Waals surface area contributed by atoms with Crippen molar-refractivity contribution in [3.63, 3.8) is 0 Å². The van der Waals surface area contributed by atoms with Gasteiger partial charge < -0.3 is 19.7 Å². The third-order valence-electron chi connectivity index (χ3n) is 3.57. The van der Waals surface area contributed by atoms with Crippen LogP contribution in [0.1, 0.15) is 32.6 Å². The van der Waals surface area contributed by atoms with E-state index >= 15 is 0 Å². The minimum absolute atomic E-state index is 0. The van der Waals surface area contributed by atoms with Crippen LogP contribution in [0.5, 0.6) is 0 Å². The lowest BCUT2D eigenvalue weighted by atomic mass is 9.98. The molecule has 2 unspecified atom stereocenters. The van der Waals surface area contributed by atoms with E-state index < -0.39 is 8.56 Å². The van der Waals surface area contributed by atoms with Crippen molar-refractivity contribution >= 4 is 8.56 Å². The zero-order valence-corrected chi connectivity index (χ0v) is 12.1. The minimum Gasteiger partial charge on any atom is -0.396 e. The van der Waals surface area contributed by atoms with Crippen LogP contribution < -0.4 is 6.15 Å². The highest BCUT2D eigenvalue weighted by Crippen LogP contribution is 2.37. The summed E-state index contributed by atoms with van der Waals surface area (Å²) in [7, 11) is 3.26. The fraction of sp³-hybridized carbons (Fsp3) is 1.00. The van der Waals surface area contributed by atoms with Gasteiger partial charge in [0.2, 0.25) is 0 Å². The summed E-state index contributed by atoms with van der Waals surface area (Å²) >= 11 is 0. The maximum atomic E-state index is 5.70. The Morgan fingerprint density at radius 2 is 1.81 bits per heavy atom. The lowest BCUT2D eigenvalue weighted by molar-refractivity contribution is 0.0398. The van der Waals surface area contributed by atoms with Crippen LogP contribution in [-0.2, 0) is 13.6 Å². The van der Waals surface area contributed by atoms with Gasteiger partial charge in [-0.3, -0.25) is 0 Å². The SMILES string of the molecule is CCCC1CCC[Si](OC)(OC)C1OC.N. The molecule has 5 heteroatoms. The van der Waals surface area contributed by atoms with Crippen LogP contribution in [0.3, 0.4) is 0 Å². The molecule has 4 nitrogen and oxygen atoms in total. The molecule has 0 amide bonds. The fourth-order valence-electron chi connectivity index (χ4n) is 2.82. The number of hydrogen-bond donors (Lipinski definition) is 1. The van der Waals surface area contributed by atoms with E-state index in [0.717, 1.165) is 6.04 Å². The van der Waals surface area contributed by atoms with Gasteiger partial charge in [0, 0.05) is 21.3 Å². The average Bonchev–Trinajstić information content (AvgIpc) is 2.29. The molecule has 3 N–H and O–H groups in total. The van der Waals surface area contributed by atoms with Crippen LogP contribution in [-0.4, -0.2) is 35.6 Å². The van der Waals surface area contributed by atoms with Crippen molar-refractivity contribution in [1.82, 2.24) is 6.15 Å². The second-order valence-electron chi connectivity index (χ2n) is 4.32. The highest BCUT2D eigenvalue weighted by atomic mass is 28.4. The van der Waals surface area contributed by atoms with Gasteiger partial charge in [-0.15, -0.1) is 0 Å². The molecule has 1 fully saturated rings. The van der Waals surface area contributed by atoms with Gasteiger partial charge in [0.25, 0.3) is 0 Å². The Hall–Kier alpha value is 0.0569. The summed E-state index contributed by atoms with van der Waals surface area (Å²) in [6.45, 7) is 2.23. The van der Waals surface area contributed by atoms with Gasteiger partial charge in [-0.2, -0.15) is 0 Å². The van der Waals surface area contributed by atoms with Gasteiger partial charge in [0.1, 0.15) is 5.73 Å². The van der Waals surface area contributed by atoms with Gasteiger partial charge >= 0.3 is 8.56 Å². The van der Waals surface area contributed by atoms with Crippen LogP contribution >= 0.6 is 0 Å². The summed E-state index contributed by atoms with van der Waals surface area (Å²) < 4.78 is 17.1. The van der Waals surface area contributed by atoms with E-state index in [1.54, 1.807) is 21.3 Å². The lowest BCUT2D eigenvalue weighted by Gasteiger charge is -2.42. The van der Waals surface area contributed by atoms with Crippen molar-refractivity contribution in [1.29, 1.82) is 0 Å². The quantitative estimate of drug-likeness (QED) is 0.761. The van der Waals surface area contributed by atoms with E-state index in [-0.39, 0.29) is 11.9 Å². The molecular weight excluding hydrogens is 222 g/mol. The summed E-state index contributed by atoms with van der Waals surface area (Å²) in [6, 6.07) is 1.07. The van der Waals surface area contributed by atoms with Crippen LogP contribution in [0.4, 0.5) is 0 Å². The molecule has 1 aliphatic heterocycles. The van der Waals surface area contributed by atoms with E-state index in [2.05, 4.69) is 6.92 Å². The van der Waals surface area contributed by atoms with Gasteiger partial charge in [-0.1, -0.05) is 19.8 Å². The molecular formula is C11H27NO3Si. The Kier molecular flexibility index (Phi) is 7.42. The maximum Gasteiger partial charge on any atom is 0.367 e. The van der Waals surface area contributed by atoms with Crippen molar-refractivity contribution in [2.45, 2.75) is 44.4 Å². The molecule has 0 radical (unpaired) electrons. The van der Waals surface area contributed by atoms with E-state index in [1.807, 2.05) is 0 Å². The first-order valence-corrected chi connectivity index (χ1v) is 7.97. The van der Waals surface area contributed by atoms with Crippen molar-refractivity contribution in [2.24, 2.45) is 5.92 Å². The Morgan fingerprint density at radius 1 is 1.19 bits per heavy atom. The minimum atomic E-state index is -2.08. The van der Waals surface area contributed by atoms with Gasteiger partial charge in [-0.25, -0.2) is 0 Å². The first-order valence-electron chi connectivity index (χ1n) is 5.87. The zero-order chi connectivity index (χ0) is 11.3. The molecule has 0 bridgehead atoms. The van der Waals surface area contributed by atoms with E-state index in [1.165, 1.54) is 25.7 Å². The number of methoxy groups -OCH3 is 1. The van der Waals surface area contributed by atoms with Gasteiger partial charge in [0.15, 0.2) is 0 Å². The highest BCUT2D eigenvalue weighted by Gasteiger charge is 2.50. The summed E-state index contributed by atoms with van der Waals surface area (Å²) in [6.07, 6.45) is 4.91. The summed E-state index contributed by atoms with van der Waals surface area (Å²) in [4.78, 5) is 0. The smallest absolute Gasteiger partial charge is 0.367 e. The Bertz CT molecular complexity index is 186. The average molecular weight is 249 g/mol. The normalized spacial score (nSPS) is 28.5. The predicted molar refractivity (Wildman–Crippen MR) is 68.0 cm³/mol. The lowest BCUT2D eigenvalue weighted by Crippen LogP contribution is -2.58. The second kappa shape index (κ2) is 7.40. The predicted octanol–water partition coefficient (Wildman–Crippen LogP) is 2.65. The molecule has 98 valence electrons. The first-order chi connectivity index (χ1) is 7.24. The van der Waals surface area contributed by atoms with Crippen LogP contribution in [0, 0.1) is 5.92 Å². The van der Waals surface area contributed by atoms with Crippen LogP contribution in [0.15, 0.2) is 0 Å². The molecule has 2 atom stereocenters. The summed E-state index contributed by atoms with van der Waals surface area (Å²) in [5.74, 6) is 0.625. The molecule has 1 rings (SSSR count). The topological polar surface area (TPSA) is 62.7 Å². The summed E-state index contributed by atoms with van der Waals surface area (Å²) in [5, 5.41) is 0. The van der Waals surface area contributed by atoms with Crippen LogP contribution in [0.2, 0.25) is 6.04 Å². The van der Waals surface area contributed by atoms with Crippen molar-refractivity contribution in [2.75, 3.05) is 21.3 Å². The third kappa shape index (κ3) is 3.04. The molecule has 1 heterocycles. The summed E-state index contributed by atoms with van der Waals surface area (Å²) in [5.41, 5.74) is 0.209. The van der Waals surface area contributed by atoms with Crippen LogP contribution in [0.25, 0.3) is 0 Å².